The Morgan fingerprint density at radius 3 is 2.60 bits per heavy atom. The zero-order valence-corrected chi connectivity index (χ0v) is 12.5. The highest BCUT2D eigenvalue weighted by atomic mass is 35.5. The summed E-state index contributed by atoms with van der Waals surface area (Å²) < 4.78 is 0. The van der Waals surface area contributed by atoms with Crippen LogP contribution < -0.4 is 10.6 Å². The molecular formula is C15H22ClN3O. The van der Waals surface area contributed by atoms with Gasteiger partial charge in [0.2, 0.25) is 5.91 Å². The van der Waals surface area contributed by atoms with Gasteiger partial charge in [0.1, 0.15) is 0 Å². The van der Waals surface area contributed by atoms with Gasteiger partial charge in [-0.2, -0.15) is 0 Å². The van der Waals surface area contributed by atoms with Gasteiger partial charge in [0.25, 0.3) is 0 Å². The van der Waals surface area contributed by atoms with Crippen molar-refractivity contribution in [2.45, 2.75) is 19.3 Å². The molecule has 1 amide bonds. The van der Waals surface area contributed by atoms with E-state index in [1.165, 1.54) is 25.9 Å². The number of amides is 1. The molecule has 0 aliphatic carbocycles. The third-order valence-corrected chi connectivity index (χ3v) is 3.69. The highest BCUT2D eigenvalue weighted by Crippen LogP contribution is 2.13. The number of nitrogens with one attached hydrogen (secondary N) is 2. The molecule has 1 aliphatic rings. The van der Waals surface area contributed by atoms with E-state index in [0.717, 1.165) is 25.2 Å². The number of hydrogen-bond donors (Lipinski definition) is 2. The molecule has 5 heteroatoms. The summed E-state index contributed by atoms with van der Waals surface area (Å²) in [7, 11) is 0. The SMILES string of the molecule is O=C(CNCCCN1CCCC1)Nc1ccc(Cl)cc1. The molecule has 2 N–H and O–H groups in total. The maximum absolute atomic E-state index is 11.7. The first-order valence-corrected chi connectivity index (χ1v) is 7.60. The van der Waals surface area contributed by atoms with E-state index >= 15 is 0 Å². The van der Waals surface area contributed by atoms with Crippen LogP contribution in [0, 0.1) is 0 Å². The minimum atomic E-state index is -0.0199. The predicted octanol–water partition coefficient (Wildman–Crippen LogP) is 2.35. The van der Waals surface area contributed by atoms with Gasteiger partial charge in [-0.1, -0.05) is 11.6 Å². The molecule has 1 aromatic rings. The number of benzene rings is 1. The van der Waals surface area contributed by atoms with Crippen molar-refractivity contribution in [2.75, 3.05) is 38.0 Å². The fourth-order valence-corrected chi connectivity index (χ4v) is 2.50. The number of hydrogen-bond acceptors (Lipinski definition) is 3. The normalized spacial score (nSPS) is 15.4. The second kappa shape index (κ2) is 8.25. The van der Waals surface area contributed by atoms with E-state index in [2.05, 4.69) is 15.5 Å². The van der Waals surface area contributed by atoms with Crippen LogP contribution in [0.4, 0.5) is 5.69 Å². The van der Waals surface area contributed by atoms with Crippen LogP contribution in [0.15, 0.2) is 24.3 Å². The Bertz CT molecular complexity index is 416. The minimum Gasteiger partial charge on any atom is -0.325 e. The van der Waals surface area contributed by atoms with E-state index in [9.17, 15) is 4.79 Å². The van der Waals surface area contributed by atoms with Crippen molar-refractivity contribution in [1.29, 1.82) is 0 Å². The molecule has 0 bridgehead atoms. The van der Waals surface area contributed by atoms with Crippen molar-refractivity contribution in [1.82, 2.24) is 10.2 Å². The summed E-state index contributed by atoms with van der Waals surface area (Å²) in [6, 6.07) is 7.13. The third kappa shape index (κ3) is 5.49. The summed E-state index contributed by atoms with van der Waals surface area (Å²) in [6.07, 6.45) is 3.75. The molecule has 2 rings (SSSR count). The summed E-state index contributed by atoms with van der Waals surface area (Å²) in [5, 5.41) is 6.68. The van der Waals surface area contributed by atoms with Gasteiger partial charge in [-0.3, -0.25) is 4.79 Å². The highest BCUT2D eigenvalue weighted by Gasteiger charge is 2.10. The lowest BCUT2D eigenvalue weighted by molar-refractivity contribution is -0.115. The van der Waals surface area contributed by atoms with Crippen molar-refractivity contribution in [3.63, 3.8) is 0 Å². The Balaban J connectivity index is 1.54. The second-order valence-electron chi connectivity index (χ2n) is 5.13. The van der Waals surface area contributed by atoms with Crippen LogP contribution in [0.1, 0.15) is 19.3 Å². The summed E-state index contributed by atoms with van der Waals surface area (Å²) in [6.45, 7) is 4.83. The summed E-state index contributed by atoms with van der Waals surface area (Å²) in [5.74, 6) is -0.0199. The molecule has 0 aromatic heterocycles. The molecule has 4 nitrogen and oxygen atoms in total. The first-order valence-electron chi connectivity index (χ1n) is 7.22. The van der Waals surface area contributed by atoms with Crippen molar-refractivity contribution < 1.29 is 4.79 Å². The Morgan fingerprint density at radius 1 is 1.20 bits per heavy atom. The lowest BCUT2D eigenvalue weighted by Gasteiger charge is -2.14. The van der Waals surface area contributed by atoms with Gasteiger partial charge in [0.05, 0.1) is 6.54 Å². The largest absolute Gasteiger partial charge is 0.325 e. The lowest BCUT2D eigenvalue weighted by Crippen LogP contribution is -2.30. The Hall–Kier alpha value is -1.10. The van der Waals surface area contributed by atoms with Crippen molar-refractivity contribution in [3.8, 4) is 0 Å². The number of likely N-dealkylation sites (tertiary alicyclic amines) is 1. The Morgan fingerprint density at radius 2 is 1.90 bits per heavy atom. The molecule has 1 fully saturated rings. The first-order chi connectivity index (χ1) is 9.74. The quantitative estimate of drug-likeness (QED) is 0.759. The highest BCUT2D eigenvalue weighted by molar-refractivity contribution is 6.30. The molecule has 1 heterocycles. The van der Waals surface area contributed by atoms with Crippen molar-refractivity contribution in [2.24, 2.45) is 0 Å². The summed E-state index contributed by atoms with van der Waals surface area (Å²) >= 11 is 5.79. The summed E-state index contributed by atoms with van der Waals surface area (Å²) in [4.78, 5) is 14.2. The molecule has 0 unspecified atom stereocenters. The number of nitrogens with zero attached hydrogens (tertiary/aromatic N) is 1. The molecule has 1 aromatic carbocycles. The van der Waals surface area contributed by atoms with Crippen LogP contribution in [0.25, 0.3) is 0 Å². The third-order valence-electron chi connectivity index (χ3n) is 3.44. The summed E-state index contributed by atoms with van der Waals surface area (Å²) in [5.41, 5.74) is 0.776. The smallest absolute Gasteiger partial charge is 0.238 e. The van der Waals surface area contributed by atoms with E-state index in [4.69, 9.17) is 11.6 Å². The van der Waals surface area contributed by atoms with Crippen molar-refractivity contribution >= 4 is 23.2 Å². The first kappa shape index (κ1) is 15.3. The van der Waals surface area contributed by atoms with Gasteiger partial charge in [0.15, 0.2) is 0 Å². The molecule has 1 aliphatic heterocycles. The number of carbonyl (C=O) groups excluding carboxylic acids is 1. The van der Waals surface area contributed by atoms with Crippen molar-refractivity contribution in [3.05, 3.63) is 29.3 Å². The molecule has 1 saturated heterocycles. The molecule has 0 spiro atoms. The van der Waals surface area contributed by atoms with E-state index in [1.807, 2.05) is 0 Å². The maximum atomic E-state index is 11.7. The van der Waals surface area contributed by atoms with E-state index in [0.29, 0.717) is 11.6 Å². The van der Waals surface area contributed by atoms with Crippen LogP contribution in [0.5, 0.6) is 0 Å². The number of rotatable bonds is 7. The molecule has 0 radical (unpaired) electrons. The predicted molar refractivity (Wildman–Crippen MR) is 83.2 cm³/mol. The monoisotopic (exact) mass is 295 g/mol. The van der Waals surface area contributed by atoms with Gasteiger partial charge in [-0.25, -0.2) is 0 Å². The molecule has 110 valence electrons. The van der Waals surface area contributed by atoms with Gasteiger partial charge in [-0.15, -0.1) is 0 Å². The average Bonchev–Trinajstić information content (AvgIpc) is 2.94. The van der Waals surface area contributed by atoms with E-state index in [-0.39, 0.29) is 5.91 Å². The molecular weight excluding hydrogens is 274 g/mol. The zero-order chi connectivity index (χ0) is 14.2. The van der Waals surface area contributed by atoms with Crippen LogP contribution in [-0.4, -0.2) is 43.5 Å². The zero-order valence-electron chi connectivity index (χ0n) is 11.7. The minimum absolute atomic E-state index is 0.0199. The van der Waals surface area contributed by atoms with Crippen LogP contribution in [0.2, 0.25) is 5.02 Å². The molecule has 20 heavy (non-hydrogen) atoms. The van der Waals surface area contributed by atoms with E-state index < -0.39 is 0 Å². The fraction of sp³-hybridized carbons (Fsp3) is 0.533. The van der Waals surface area contributed by atoms with Gasteiger partial charge in [-0.05, 0) is 69.7 Å². The van der Waals surface area contributed by atoms with Gasteiger partial charge >= 0.3 is 0 Å². The van der Waals surface area contributed by atoms with Crippen LogP contribution >= 0.6 is 11.6 Å². The van der Waals surface area contributed by atoms with Gasteiger partial charge < -0.3 is 15.5 Å². The number of carbonyl (C=O) groups is 1. The Labute approximate surface area is 125 Å². The number of halogens is 1. The molecule has 0 atom stereocenters. The van der Waals surface area contributed by atoms with Crippen LogP contribution in [-0.2, 0) is 4.79 Å². The topological polar surface area (TPSA) is 44.4 Å². The van der Waals surface area contributed by atoms with Gasteiger partial charge in [0, 0.05) is 10.7 Å². The Kier molecular flexibility index (Phi) is 6.30. The van der Waals surface area contributed by atoms with E-state index in [1.54, 1.807) is 24.3 Å². The fourth-order valence-electron chi connectivity index (χ4n) is 2.37. The number of anilines is 1. The standard InChI is InChI=1S/C15H22ClN3O/c16-13-4-6-14(7-5-13)18-15(20)12-17-8-3-11-19-9-1-2-10-19/h4-7,17H,1-3,8-12H2,(H,18,20). The maximum Gasteiger partial charge on any atom is 0.238 e. The average molecular weight is 296 g/mol. The molecule has 0 saturated carbocycles. The lowest BCUT2D eigenvalue weighted by atomic mass is 10.3. The van der Waals surface area contributed by atoms with Crippen LogP contribution in [0.3, 0.4) is 0 Å². The second-order valence-corrected chi connectivity index (χ2v) is 5.57.